The van der Waals surface area contributed by atoms with Gasteiger partial charge in [-0.15, -0.1) is 5.48 Å². The maximum atomic E-state index is 6.18. The summed E-state index contributed by atoms with van der Waals surface area (Å²) in [5.74, 6) is 0. The highest BCUT2D eigenvalue weighted by molar-refractivity contribution is 6.30. The van der Waals surface area contributed by atoms with E-state index in [1.165, 1.54) is 11.1 Å². The van der Waals surface area contributed by atoms with Gasteiger partial charge in [0, 0.05) is 29.1 Å². The minimum absolute atomic E-state index is 0.117. The van der Waals surface area contributed by atoms with Gasteiger partial charge in [-0.25, -0.2) is 9.40 Å². The molecule has 3 rings (SSSR count). The molecule has 0 unspecified atom stereocenters. The van der Waals surface area contributed by atoms with Crippen LogP contribution in [0, 0.1) is 0 Å². The maximum Gasteiger partial charge on any atom is 0.169 e. The van der Waals surface area contributed by atoms with Crippen LogP contribution in [0.2, 0.25) is 5.02 Å². The van der Waals surface area contributed by atoms with Crippen molar-refractivity contribution in [1.82, 2.24) is 5.48 Å². The number of hydrogen-bond acceptors (Lipinski definition) is 1. The summed E-state index contributed by atoms with van der Waals surface area (Å²) in [5, 5.41) is 0.717. The van der Waals surface area contributed by atoms with Crippen molar-refractivity contribution in [3.63, 3.8) is 0 Å². The highest BCUT2D eigenvalue weighted by Gasteiger charge is 2.25. The summed E-state index contributed by atoms with van der Waals surface area (Å²) in [6, 6.07) is 16.8. The zero-order valence-corrected chi connectivity index (χ0v) is 21.1. The third-order valence-electron chi connectivity index (χ3n) is 5.19. The maximum absolute atomic E-state index is 6.18. The summed E-state index contributed by atoms with van der Waals surface area (Å²) in [6.45, 7) is 15.9. The molecule has 0 saturated heterocycles. The number of aromatic nitrogens is 1. The first kappa shape index (κ1) is 24.3. The number of aryl methyl sites for hydroxylation is 1. The van der Waals surface area contributed by atoms with Crippen LogP contribution in [0.3, 0.4) is 0 Å². The van der Waals surface area contributed by atoms with Gasteiger partial charge in [-0.3, -0.25) is 0 Å². The van der Waals surface area contributed by atoms with Gasteiger partial charge in [-0.1, -0.05) is 51.4 Å². The van der Waals surface area contributed by atoms with Crippen LogP contribution in [0.4, 0.5) is 5.69 Å². The lowest BCUT2D eigenvalue weighted by Crippen LogP contribution is -2.31. The Bertz CT molecular complexity index is 1040. The van der Waals surface area contributed by atoms with E-state index in [2.05, 4.69) is 74.4 Å². The normalized spacial score (nSPS) is 12.1. The smallest absolute Gasteiger partial charge is 0.169 e. The van der Waals surface area contributed by atoms with Crippen LogP contribution in [-0.4, -0.2) is 5.60 Å². The van der Waals surface area contributed by atoms with Crippen LogP contribution in [-0.2, 0) is 16.8 Å². The summed E-state index contributed by atoms with van der Waals surface area (Å²) in [5.41, 5.74) is 10.7. The minimum Gasteiger partial charge on any atom is -0.246 e. The molecule has 1 heterocycles. The second kappa shape index (κ2) is 9.64. The number of hydrogen-bond donors (Lipinski definition) is 0. The zero-order valence-electron chi connectivity index (χ0n) is 20.4. The Kier molecular flexibility index (Phi) is 7.32. The Morgan fingerprint density at radius 1 is 0.844 bits per heavy atom. The summed E-state index contributed by atoms with van der Waals surface area (Å²) in [4.78, 5) is 5.92. The fourth-order valence-corrected chi connectivity index (χ4v) is 3.69. The SMILES string of the molecule is CCC[n+]1ccc(-c2cc(-c3ccc(Cl)cc3)c([N]OC(C)(C)C)c(C(C)(C)C)c2)cc1. The van der Waals surface area contributed by atoms with Gasteiger partial charge in [0.05, 0.1) is 5.60 Å². The number of benzene rings is 2. The number of rotatable bonds is 6. The molecule has 0 N–H and O–H groups in total. The van der Waals surface area contributed by atoms with Gasteiger partial charge in [0.1, 0.15) is 12.2 Å². The quantitative estimate of drug-likeness (QED) is 0.280. The van der Waals surface area contributed by atoms with Crippen molar-refractivity contribution in [3.8, 4) is 22.3 Å². The van der Waals surface area contributed by atoms with Gasteiger partial charge in [0.25, 0.3) is 0 Å². The molecule has 0 aliphatic rings. The number of nitrogens with zero attached hydrogens (tertiary/aromatic N) is 2. The predicted octanol–water partition coefficient (Wildman–Crippen LogP) is 7.64. The van der Waals surface area contributed by atoms with Crippen molar-refractivity contribution in [2.75, 3.05) is 0 Å². The predicted molar refractivity (Wildman–Crippen MR) is 134 cm³/mol. The molecule has 0 bridgehead atoms. The van der Waals surface area contributed by atoms with E-state index in [4.69, 9.17) is 16.4 Å². The molecule has 0 spiro atoms. The van der Waals surface area contributed by atoms with Crippen molar-refractivity contribution < 1.29 is 9.40 Å². The highest BCUT2D eigenvalue weighted by Crippen LogP contribution is 2.41. The Labute approximate surface area is 198 Å². The third kappa shape index (κ3) is 6.11. The van der Waals surface area contributed by atoms with Crippen LogP contribution in [0.5, 0.6) is 0 Å². The van der Waals surface area contributed by atoms with E-state index >= 15 is 0 Å². The van der Waals surface area contributed by atoms with Crippen molar-refractivity contribution >= 4 is 17.3 Å². The largest absolute Gasteiger partial charge is 0.246 e. The molecule has 0 amide bonds. The van der Waals surface area contributed by atoms with E-state index in [1.54, 1.807) is 0 Å². The molecule has 4 heteroatoms. The molecule has 0 atom stereocenters. The summed E-state index contributed by atoms with van der Waals surface area (Å²) < 4.78 is 2.22. The average Bonchev–Trinajstić information content (AvgIpc) is 2.72. The molecule has 0 aliphatic heterocycles. The second-order valence-electron chi connectivity index (χ2n) is 10.3. The molecule has 3 nitrogen and oxygen atoms in total. The molecule has 0 aliphatic carbocycles. The number of halogens is 1. The first-order valence-electron chi connectivity index (χ1n) is 11.3. The molecule has 169 valence electrons. The molecule has 32 heavy (non-hydrogen) atoms. The first-order valence-corrected chi connectivity index (χ1v) is 11.7. The van der Waals surface area contributed by atoms with Crippen molar-refractivity contribution in [3.05, 3.63) is 71.5 Å². The molecule has 0 saturated carbocycles. The molecule has 0 fully saturated rings. The van der Waals surface area contributed by atoms with Crippen LogP contribution in [0.25, 0.3) is 22.3 Å². The Morgan fingerprint density at radius 3 is 2.00 bits per heavy atom. The van der Waals surface area contributed by atoms with E-state index in [1.807, 2.05) is 45.0 Å². The Balaban J connectivity index is 2.21. The molecule has 3 aromatic rings. The Hall–Kier alpha value is -2.36. The molecular weight excluding hydrogens is 416 g/mol. The molecule has 1 aromatic heterocycles. The zero-order chi connectivity index (χ0) is 23.5. The monoisotopic (exact) mass is 450 g/mol. The van der Waals surface area contributed by atoms with Gasteiger partial charge in [-0.05, 0) is 72.7 Å². The van der Waals surface area contributed by atoms with E-state index < -0.39 is 0 Å². The summed E-state index contributed by atoms with van der Waals surface area (Å²) >= 11 is 6.18. The lowest BCUT2D eigenvalue weighted by molar-refractivity contribution is -0.696. The first-order chi connectivity index (χ1) is 15.0. The van der Waals surface area contributed by atoms with Gasteiger partial charge >= 0.3 is 0 Å². The summed E-state index contributed by atoms with van der Waals surface area (Å²) in [6.07, 6.45) is 5.42. The van der Waals surface area contributed by atoms with Gasteiger partial charge < -0.3 is 0 Å². The fourth-order valence-electron chi connectivity index (χ4n) is 3.56. The Morgan fingerprint density at radius 2 is 1.47 bits per heavy atom. The van der Waals surface area contributed by atoms with Crippen LogP contribution in [0.15, 0.2) is 60.9 Å². The standard InChI is InChI=1S/C28H35ClN2O/c1-8-15-31-16-13-20(14-17-31)22-18-24(21-9-11-23(29)12-10-21)26(30-32-28(5,6)7)25(19-22)27(2,3)4/h9-14,16-19H,8,15H2,1-7H3/q+1. The van der Waals surface area contributed by atoms with E-state index in [0.29, 0.717) is 5.02 Å². The van der Waals surface area contributed by atoms with Crippen LogP contribution in [0.1, 0.15) is 60.5 Å². The average molecular weight is 451 g/mol. The van der Waals surface area contributed by atoms with Crippen LogP contribution < -0.4 is 10.0 Å². The molecule has 2 aromatic carbocycles. The van der Waals surface area contributed by atoms with Gasteiger partial charge in [0.15, 0.2) is 12.4 Å². The van der Waals surface area contributed by atoms with E-state index in [9.17, 15) is 0 Å². The fraction of sp³-hybridized carbons (Fsp3) is 0.393. The van der Waals surface area contributed by atoms with Crippen molar-refractivity contribution in [2.24, 2.45) is 0 Å². The molecular formula is C28H35ClN2O+. The van der Waals surface area contributed by atoms with Crippen molar-refractivity contribution in [2.45, 2.75) is 72.4 Å². The van der Waals surface area contributed by atoms with E-state index in [0.717, 1.165) is 35.3 Å². The molecule has 1 radical (unpaired) electrons. The highest BCUT2D eigenvalue weighted by atomic mass is 35.5. The topological polar surface area (TPSA) is 27.2 Å². The lowest BCUT2D eigenvalue weighted by atomic mass is 9.81. The van der Waals surface area contributed by atoms with Crippen molar-refractivity contribution in [1.29, 1.82) is 0 Å². The minimum atomic E-state index is -0.378. The second-order valence-corrected chi connectivity index (χ2v) is 10.7. The lowest BCUT2D eigenvalue weighted by Gasteiger charge is -2.27. The number of pyridine rings is 1. The summed E-state index contributed by atoms with van der Waals surface area (Å²) in [7, 11) is 0. The van der Waals surface area contributed by atoms with Gasteiger partial charge in [-0.2, -0.15) is 0 Å². The van der Waals surface area contributed by atoms with Crippen LogP contribution >= 0.6 is 11.6 Å². The third-order valence-corrected chi connectivity index (χ3v) is 5.44. The van der Waals surface area contributed by atoms with Gasteiger partial charge in [0.2, 0.25) is 0 Å². The van der Waals surface area contributed by atoms with E-state index in [-0.39, 0.29) is 11.0 Å².